The van der Waals surface area contributed by atoms with Crippen LogP contribution >= 0.6 is 0 Å². The maximum absolute atomic E-state index is 12.0. The zero-order valence-corrected chi connectivity index (χ0v) is 11.2. The molecule has 0 aliphatic rings. The molecule has 1 aromatic rings. The minimum absolute atomic E-state index is 0.0109. The number of sulfonamides is 1. The van der Waals surface area contributed by atoms with Crippen molar-refractivity contribution in [1.82, 2.24) is 4.72 Å². The molecule has 0 saturated heterocycles. The number of methoxy groups -OCH3 is 1. The molecule has 0 radical (unpaired) electrons. The summed E-state index contributed by atoms with van der Waals surface area (Å²) in [4.78, 5) is 9.62. The molecule has 2 N–H and O–H groups in total. The van der Waals surface area contributed by atoms with Crippen molar-refractivity contribution in [2.75, 3.05) is 13.7 Å². The van der Waals surface area contributed by atoms with Gasteiger partial charge in [0.15, 0.2) is 0 Å². The summed E-state index contributed by atoms with van der Waals surface area (Å²) in [6.45, 7) is 1.07. The number of rotatable bonds is 6. The highest BCUT2D eigenvalue weighted by Gasteiger charge is 2.24. The van der Waals surface area contributed by atoms with E-state index in [9.17, 15) is 18.5 Å². The number of aliphatic hydroxyl groups is 1. The molecular formula is C10H14N2O6S. The Labute approximate surface area is 110 Å². The lowest BCUT2D eigenvalue weighted by molar-refractivity contribution is -0.385. The molecule has 0 aromatic heterocycles. The molecule has 0 aliphatic carbocycles. The van der Waals surface area contributed by atoms with Crippen molar-refractivity contribution in [3.05, 3.63) is 28.3 Å². The Morgan fingerprint density at radius 2 is 2.16 bits per heavy atom. The van der Waals surface area contributed by atoms with Gasteiger partial charge in [-0.15, -0.1) is 0 Å². The monoisotopic (exact) mass is 290 g/mol. The summed E-state index contributed by atoms with van der Waals surface area (Å²) in [5.74, 6) is -0.0109. The van der Waals surface area contributed by atoms with Gasteiger partial charge in [0.2, 0.25) is 10.0 Å². The first-order chi connectivity index (χ1) is 8.81. The predicted molar refractivity (Wildman–Crippen MR) is 66.5 cm³/mol. The maximum Gasteiger partial charge on any atom is 0.271 e. The minimum atomic E-state index is -4.01. The number of nitrogens with one attached hydrogen (secondary N) is 1. The molecule has 9 heteroatoms. The molecule has 0 spiro atoms. The Bertz CT molecular complexity index is 571. The molecule has 1 aromatic carbocycles. The largest absolute Gasteiger partial charge is 0.495 e. The fourth-order valence-corrected chi connectivity index (χ4v) is 2.78. The average Bonchev–Trinajstić information content (AvgIpc) is 2.37. The molecule has 0 heterocycles. The van der Waals surface area contributed by atoms with Gasteiger partial charge in [-0.1, -0.05) is 0 Å². The average molecular weight is 290 g/mol. The fourth-order valence-electron chi connectivity index (χ4n) is 1.35. The minimum Gasteiger partial charge on any atom is -0.495 e. The van der Waals surface area contributed by atoms with E-state index in [-0.39, 0.29) is 16.3 Å². The van der Waals surface area contributed by atoms with Gasteiger partial charge in [-0.3, -0.25) is 10.1 Å². The number of nitro benzene ring substituents is 1. The zero-order valence-electron chi connectivity index (χ0n) is 10.4. The quantitative estimate of drug-likeness (QED) is 0.573. The highest BCUT2D eigenvalue weighted by molar-refractivity contribution is 7.89. The Kier molecular flexibility index (Phi) is 4.81. The molecule has 1 unspecified atom stereocenters. The molecule has 1 atom stereocenters. The summed E-state index contributed by atoms with van der Waals surface area (Å²) in [5.41, 5.74) is -0.363. The summed E-state index contributed by atoms with van der Waals surface area (Å²) in [6.07, 6.45) is 0. The molecule has 0 fully saturated rings. The van der Waals surface area contributed by atoms with Crippen LogP contribution in [0.2, 0.25) is 0 Å². The van der Waals surface area contributed by atoms with Crippen LogP contribution in [0.15, 0.2) is 23.1 Å². The summed E-state index contributed by atoms with van der Waals surface area (Å²) >= 11 is 0. The topological polar surface area (TPSA) is 119 Å². The van der Waals surface area contributed by atoms with E-state index in [2.05, 4.69) is 4.72 Å². The van der Waals surface area contributed by atoms with Crippen LogP contribution in [0.25, 0.3) is 0 Å². The third kappa shape index (κ3) is 3.63. The van der Waals surface area contributed by atoms with E-state index in [0.29, 0.717) is 0 Å². The van der Waals surface area contributed by atoms with E-state index in [0.717, 1.165) is 12.1 Å². The van der Waals surface area contributed by atoms with Crippen molar-refractivity contribution in [3.63, 3.8) is 0 Å². The molecular weight excluding hydrogens is 276 g/mol. The van der Waals surface area contributed by atoms with Gasteiger partial charge in [-0.25, -0.2) is 13.1 Å². The standard InChI is InChI=1S/C10H14N2O6S/c1-7(6-13)11-19(16,17)10-5-8(12(14)15)3-4-9(10)18-2/h3-5,7,11,13H,6H2,1-2H3. The van der Waals surface area contributed by atoms with E-state index in [1.807, 2.05) is 0 Å². The summed E-state index contributed by atoms with van der Waals surface area (Å²) in [6, 6.07) is 2.54. The molecule has 0 amide bonds. The number of non-ortho nitro benzene ring substituents is 1. The third-order valence-electron chi connectivity index (χ3n) is 2.28. The Balaban J connectivity index is 3.30. The number of hydrogen-bond acceptors (Lipinski definition) is 6. The zero-order chi connectivity index (χ0) is 14.6. The predicted octanol–water partition coefficient (Wildman–Crippen LogP) is 0.262. The van der Waals surface area contributed by atoms with Gasteiger partial charge >= 0.3 is 0 Å². The van der Waals surface area contributed by atoms with Crippen LogP contribution < -0.4 is 9.46 Å². The van der Waals surface area contributed by atoms with Gasteiger partial charge in [-0.05, 0) is 13.0 Å². The first kappa shape index (κ1) is 15.3. The smallest absolute Gasteiger partial charge is 0.271 e. The van der Waals surface area contributed by atoms with Gasteiger partial charge in [0.05, 0.1) is 18.6 Å². The second-order valence-corrected chi connectivity index (χ2v) is 5.48. The van der Waals surface area contributed by atoms with Crippen molar-refractivity contribution >= 4 is 15.7 Å². The molecule has 106 valence electrons. The van der Waals surface area contributed by atoms with Crippen LogP contribution in [0.1, 0.15) is 6.92 Å². The number of hydrogen-bond donors (Lipinski definition) is 2. The van der Waals surface area contributed by atoms with Crippen LogP contribution in [-0.4, -0.2) is 38.2 Å². The molecule has 8 nitrogen and oxygen atoms in total. The molecule has 19 heavy (non-hydrogen) atoms. The van der Waals surface area contributed by atoms with E-state index < -0.39 is 27.6 Å². The Morgan fingerprint density at radius 1 is 1.53 bits per heavy atom. The second-order valence-electron chi connectivity index (χ2n) is 3.80. The summed E-state index contributed by atoms with van der Waals surface area (Å²) < 4.78 is 31.1. The number of aliphatic hydroxyl groups excluding tert-OH is 1. The van der Waals surface area contributed by atoms with Gasteiger partial charge in [-0.2, -0.15) is 0 Å². The van der Waals surface area contributed by atoms with Crippen molar-refractivity contribution in [2.45, 2.75) is 17.9 Å². The lowest BCUT2D eigenvalue weighted by Crippen LogP contribution is -2.35. The number of nitrogens with zero attached hydrogens (tertiary/aromatic N) is 1. The van der Waals surface area contributed by atoms with Crippen LogP contribution in [0.4, 0.5) is 5.69 Å². The highest BCUT2D eigenvalue weighted by Crippen LogP contribution is 2.28. The summed E-state index contributed by atoms with van der Waals surface area (Å²) in [5, 5.41) is 19.5. The van der Waals surface area contributed by atoms with Crippen LogP contribution in [0.5, 0.6) is 5.75 Å². The fraction of sp³-hybridized carbons (Fsp3) is 0.400. The van der Waals surface area contributed by atoms with Crippen LogP contribution in [0, 0.1) is 10.1 Å². The van der Waals surface area contributed by atoms with Crippen molar-refractivity contribution < 1.29 is 23.2 Å². The van der Waals surface area contributed by atoms with Crippen LogP contribution in [0.3, 0.4) is 0 Å². The van der Waals surface area contributed by atoms with Crippen LogP contribution in [-0.2, 0) is 10.0 Å². The Morgan fingerprint density at radius 3 is 2.63 bits per heavy atom. The molecule has 0 saturated carbocycles. The van der Waals surface area contributed by atoms with E-state index in [1.54, 1.807) is 0 Å². The highest BCUT2D eigenvalue weighted by atomic mass is 32.2. The number of benzene rings is 1. The van der Waals surface area contributed by atoms with Gasteiger partial charge in [0.25, 0.3) is 5.69 Å². The molecule has 1 rings (SSSR count). The third-order valence-corrected chi connectivity index (χ3v) is 3.89. The molecule has 0 bridgehead atoms. The van der Waals surface area contributed by atoms with E-state index in [4.69, 9.17) is 9.84 Å². The van der Waals surface area contributed by atoms with Crippen molar-refractivity contribution in [2.24, 2.45) is 0 Å². The number of ether oxygens (including phenoxy) is 1. The first-order valence-corrected chi connectivity index (χ1v) is 6.75. The maximum atomic E-state index is 12.0. The summed E-state index contributed by atoms with van der Waals surface area (Å²) in [7, 11) is -2.75. The van der Waals surface area contributed by atoms with Gasteiger partial charge in [0.1, 0.15) is 10.6 Å². The van der Waals surface area contributed by atoms with Crippen molar-refractivity contribution in [3.8, 4) is 5.75 Å². The van der Waals surface area contributed by atoms with E-state index >= 15 is 0 Å². The van der Waals surface area contributed by atoms with Gasteiger partial charge < -0.3 is 9.84 Å². The van der Waals surface area contributed by atoms with Gasteiger partial charge in [0, 0.05) is 18.2 Å². The lowest BCUT2D eigenvalue weighted by Gasteiger charge is -2.13. The number of nitro groups is 1. The van der Waals surface area contributed by atoms with E-state index in [1.165, 1.54) is 20.1 Å². The first-order valence-electron chi connectivity index (χ1n) is 5.27. The normalized spacial score (nSPS) is 13.0. The Hall–Kier alpha value is -1.71. The molecule has 0 aliphatic heterocycles. The SMILES string of the molecule is COc1ccc([N+](=O)[O-])cc1S(=O)(=O)NC(C)CO. The second kappa shape index (κ2) is 5.95. The lowest BCUT2D eigenvalue weighted by atomic mass is 10.3. The van der Waals surface area contributed by atoms with Crippen molar-refractivity contribution in [1.29, 1.82) is 0 Å².